The van der Waals surface area contributed by atoms with Gasteiger partial charge in [0, 0.05) is 0 Å². The molecule has 0 atom stereocenters. The highest BCUT2D eigenvalue weighted by molar-refractivity contribution is 5.39. The van der Waals surface area contributed by atoms with E-state index in [2.05, 4.69) is 30.4 Å². The fourth-order valence-corrected chi connectivity index (χ4v) is 0.797. The van der Waals surface area contributed by atoms with E-state index in [-0.39, 0.29) is 11.6 Å². The first kappa shape index (κ1) is 8.54. The van der Waals surface area contributed by atoms with Gasteiger partial charge >= 0.3 is 0 Å². The molecule has 0 bridgehead atoms. The molecule has 0 saturated carbocycles. The van der Waals surface area contributed by atoms with Gasteiger partial charge in [-0.25, -0.2) is 14.4 Å². The minimum Gasteiger partial charge on any atom is -0.231 e. The smallest absolute Gasteiger partial charge is 0.231 e. The Morgan fingerprint density at radius 1 is 0.929 bits per heavy atom. The highest BCUT2D eigenvalue weighted by Crippen LogP contribution is 2.04. The molecule has 2 aromatic rings. The lowest BCUT2D eigenvalue weighted by atomic mass is 10.5. The van der Waals surface area contributed by atoms with Gasteiger partial charge in [0.2, 0.25) is 11.6 Å². The minimum absolute atomic E-state index is 0.176. The zero-order chi connectivity index (χ0) is 9.97. The summed E-state index contributed by atoms with van der Waals surface area (Å²) >= 11 is 0. The van der Waals surface area contributed by atoms with Crippen molar-refractivity contribution in [2.75, 3.05) is 0 Å². The van der Waals surface area contributed by atoms with Crippen molar-refractivity contribution in [3.63, 3.8) is 0 Å². The number of hydrogen-bond acceptors (Lipinski definition) is 6. The van der Waals surface area contributed by atoms with E-state index in [1.54, 1.807) is 6.92 Å². The molecular weight excluding hydrogens is 187 g/mol. The van der Waals surface area contributed by atoms with E-state index in [1.165, 1.54) is 0 Å². The summed E-state index contributed by atoms with van der Waals surface area (Å²) in [5.74, 6) is 0.319. The third-order valence-electron chi connectivity index (χ3n) is 1.40. The zero-order valence-corrected chi connectivity index (χ0v) is 7.22. The summed E-state index contributed by atoms with van der Waals surface area (Å²) in [5, 5.41) is 14.8. The van der Waals surface area contributed by atoms with Crippen molar-refractivity contribution in [1.29, 1.82) is 0 Å². The summed E-state index contributed by atoms with van der Waals surface area (Å²) in [5.41, 5.74) is 0. The maximum Gasteiger partial charge on any atom is 0.240 e. The predicted octanol–water partition coefficient (Wildman–Crippen LogP) is 0.171. The van der Waals surface area contributed by atoms with Crippen LogP contribution < -0.4 is 0 Å². The monoisotopic (exact) mass is 192 g/mol. The Labute approximate surface area is 78.3 Å². The number of aryl methyl sites for hydroxylation is 1. The first-order chi connectivity index (χ1) is 6.75. The van der Waals surface area contributed by atoms with Crippen LogP contribution in [0.1, 0.15) is 5.82 Å². The third kappa shape index (κ3) is 1.65. The summed E-state index contributed by atoms with van der Waals surface area (Å²) in [4.78, 5) is 7.37. The molecule has 2 rings (SSSR count). The van der Waals surface area contributed by atoms with Gasteiger partial charge in [-0.15, -0.1) is 20.4 Å². The molecule has 0 saturated heterocycles. The van der Waals surface area contributed by atoms with Gasteiger partial charge in [-0.1, -0.05) is 0 Å². The molecule has 0 fully saturated rings. The van der Waals surface area contributed by atoms with Crippen molar-refractivity contribution in [2.45, 2.75) is 6.92 Å². The third-order valence-corrected chi connectivity index (χ3v) is 1.40. The summed E-state index contributed by atoms with van der Waals surface area (Å²) < 4.78 is 12.5. The van der Waals surface area contributed by atoms with E-state index in [9.17, 15) is 4.39 Å². The molecule has 0 N–H and O–H groups in total. The van der Waals surface area contributed by atoms with E-state index < -0.39 is 5.82 Å². The zero-order valence-electron chi connectivity index (χ0n) is 7.22. The van der Waals surface area contributed by atoms with Crippen LogP contribution in [-0.2, 0) is 0 Å². The standard InChI is InChI=1S/C7H5FN6/c1-4-11-13-7(14-12-4)6-9-2-5(8)3-10-6/h2-3H,1H3. The largest absolute Gasteiger partial charge is 0.240 e. The number of hydrogen-bond donors (Lipinski definition) is 0. The second-order valence-corrected chi connectivity index (χ2v) is 2.50. The van der Waals surface area contributed by atoms with Crippen LogP contribution in [-0.4, -0.2) is 30.4 Å². The van der Waals surface area contributed by atoms with E-state index in [0.717, 1.165) is 12.4 Å². The average Bonchev–Trinajstić information content (AvgIpc) is 2.21. The van der Waals surface area contributed by atoms with Gasteiger partial charge in [0.15, 0.2) is 11.6 Å². The average molecular weight is 192 g/mol. The number of halogens is 1. The molecule has 0 radical (unpaired) electrons. The predicted molar refractivity (Wildman–Crippen MR) is 43.3 cm³/mol. The van der Waals surface area contributed by atoms with Gasteiger partial charge < -0.3 is 0 Å². The van der Waals surface area contributed by atoms with Crippen molar-refractivity contribution < 1.29 is 4.39 Å². The normalized spacial score (nSPS) is 10.1. The second-order valence-electron chi connectivity index (χ2n) is 2.50. The molecule has 70 valence electrons. The first-order valence-corrected chi connectivity index (χ1v) is 3.77. The SMILES string of the molecule is Cc1nnc(-c2ncc(F)cn2)nn1. The van der Waals surface area contributed by atoms with Crippen molar-refractivity contribution >= 4 is 0 Å². The molecule has 6 nitrogen and oxygen atoms in total. The van der Waals surface area contributed by atoms with Crippen LogP contribution >= 0.6 is 0 Å². The lowest BCUT2D eigenvalue weighted by Crippen LogP contribution is -2.01. The first-order valence-electron chi connectivity index (χ1n) is 3.77. The molecule has 0 amide bonds. The quantitative estimate of drug-likeness (QED) is 0.641. The number of aromatic nitrogens is 6. The van der Waals surface area contributed by atoms with Crippen LogP contribution in [0.2, 0.25) is 0 Å². The molecule has 0 aliphatic rings. The van der Waals surface area contributed by atoms with E-state index >= 15 is 0 Å². The van der Waals surface area contributed by atoms with E-state index in [1.807, 2.05) is 0 Å². The van der Waals surface area contributed by atoms with Crippen LogP contribution in [0.15, 0.2) is 12.4 Å². The molecule has 2 heterocycles. The maximum absolute atomic E-state index is 12.5. The Morgan fingerprint density at radius 3 is 2.07 bits per heavy atom. The van der Waals surface area contributed by atoms with Gasteiger partial charge in [-0.2, -0.15) is 0 Å². The maximum atomic E-state index is 12.5. The van der Waals surface area contributed by atoms with Gasteiger partial charge in [0.1, 0.15) is 0 Å². The molecule has 0 aliphatic carbocycles. The summed E-state index contributed by atoms with van der Waals surface area (Å²) in [6, 6.07) is 0. The summed E-state index contributed by atoms with van der Waals surface area (Å²) in [6.07, 6.45) is 2.07. The number of nitrogens with zero attached hydrogens (tertiary/aromatic N) is 6. The van der Waals surface area contributed by atoms with Gasteiger partial charge in [0.25, 0.3) is 0 Å². The Kier molecular flexibility index (Phi) is 2.05. The Bertz CT molecular complexity index is 381. The van der Waals surface area contributed by atoms with Crippen LogP contribution in [0, 0.1) is 12.7 Å². The van der Waals surface area contributed by atoms with Crippen LogP contribution in [0.3, 0.4) is 0 Å². The highest BCUT2D eigenvalue weighted by atomic mass is 19.1. The summed E-state index contributed by atoms with van der Waals surface area (Å²) in [7, 11) is 0. The Morgan fingerprint density at radius 2 is 1.50 bits per heavy atom. The van der Waals surface area contributed by atoms with Crippen LogP contribution in [0.4, 0.5) is 4.39 Å². The number of rotatable bonds is 1. The van der Waals surface area contributed by atoms with E-state index in [4.69, 9.17) is 0 Å². The fraction of sp³-hybridized carbons (Fsp3) is 0.143. The molecule has 0 spiro atoms. The Hall–Kier alpha value is -2.05. The van der Waals surface area contributed by atoms with Gasteiger partial charge in [0.05, 0.1) is 12.4 Å². The fourth-order valence-electron chi connectivity index (χ4n) is 0.797. The second kappa shape index (κ2) is 3.36. The topological polar surface area (TPSA) is 77.3 Å². The molecule has 0 aliphatic heterocycles. The molecule has 2 aromatic heterocycles. The molecule has 14 heavy (non-hydrogen) atoms. The van der Waals surface area contributed by atoms with Crippen LogP contribution in [0.25, 0.3) is 11.6 Å². The molecule has 0 unspecified atom stereocenters. The van der Waals surface area contributed by atoms with Crippen molar-refractivity contribution in [2.24, 2.45) is 0 Å². The van der Waals surface area contributed by atoms with Gasteiger partial charge in [-0.05, 0) is 6.92 Å². The van der Waals surface area contributed by atoms with Crippen molar-refractivity contribution in [1.82, 2.24) is 30.4 Å². The minimum atomic E-state index is -0.512. The lowest BCUT2D eigenvalue weighted by molar-refractivity contribution is 0.613. The summed E-state index contributed by atoms with van der Waals surface area (Å²) in [6.45, 7) is 1.66. The molecule has 0 aromatic carbocycles. The Balaban J connectivity index is 2.40. The van der Waals surface area contributed by atoms with Crippen LogP contribution in [0.5, 0.6) is 0 Å². The molecule has 7 heteroatoms. The van der Waals surface area contributed by atoms with E-state index in [0.29, 0.717) is 5.82 Å². The van der Waals surface area contributed by atoms with Gasteiger partial charge in [-0.3, -0.25) is 0 Å². The van der Waals surface area contributed by atoms with Crippen molar-refractivity contribution in [3.05, 3.63) is 24.0 Å². The highest BCUT2D eigenvalue weighted by Gasteiger charge is 2.05. The molecular formula is C7H5FN6. The van der Waals surface area contributed by atoms with Crippen molar-refractivity contribution in [3.8, 4) is 11.6 Å². The lowest BCUT2D eigenvalue weighted by Gasteiger charge is -1.95.